The fraction of sp³-hybridized carbons (Fsp3) is 0.444. The molecule has 3 N–H and O–H groups in total. The zero-order valence-electron chi connectivity index (χ0n) is 21.0. The monoisotopic (exact) mass is 504 g/mol. The van der Waals surface area contributed by atoms with E-state index in [1.54, 1.807) is 23.6 Å². The van der Waals surface area contributed by atoms with Gasteiger partial charge in [0.25, 0.3) is 5.91 Å². The van der Waals surface area contributed by atoms with Crippen LogP contribution in [0, 0.1) is 16.7 Å². The number of aromatic nitrogens is 3. The average molecular weight is 505 g/mol. The van der Waals surface area contributed by atoms with Gasteiger partial charge in [0, 0.05) is 18.2 Å². The number of nitrogens with one attached hydrogen (secondary N) is 2. The third-order valence-corrected chi connectivity index (χ3v) is 7.41. The van der Waals surface area contributed by atoms with Crippen LogP contribution < -0.4 is 10.6 Å². The van der Waals surface area contributed by atoms with E-state index in [2.05, 4.69) is 26.8 Å². The smallest absolute Gasteiger partial charge is 0.255 e. The molecule has 6 rings (SSSR count). The molecule has 0 unspecified atom stereocenters. The Labute approximate surface area is 213 Å². The number of hydrogen-bond acceptors (Lipinski definition) is 7. The maximum atomic E-state index is 14.3. The van der Waals surface area contributed by atoms with Gasteiger partial charge in [0.05, 0.1) is 52.1 Å². The van der Waals surface area contributed by atoms with Gasteiger partial charge in [0.1, 0.15) is 18.0 Å². The van der Waals surface area contributed by atoms with Gasteiger partial charge in [0.15, 0.2) is 0 Å². The van der Waals surface area contributed by atoms with Gasteiger partial charge < -0.3 is 20.5 Å². The van der Waals surface area contributed by atoms with Crippen molar-refractivity contribution in [1.82, 2.24) is 19.9 Å². The first-order valence-electron chi connectivity index (χ1n) is 12.2. The number of carbonyl (C=O) groups excluding carboxylic acids is 2. The molecule has 0 saturated heterocycles. The van der Waals surface area contributed by atoms with E-state index in [1.165, 1.54) is 26.2 Å². The van der Waals surface area contributed by atoms with E-state index in [9.17, 15) is 19.1 Å². The van der Waals surface area contributed by atoms with Crippen molar-refractivity contribution in [3.8, 4) is 17.5 Å². The molecule has 3 saturated carbocycles. The summed E-state index contributed by atoms with van der Waals surface area (Å²) in [5, 5.41) is 29.5. The lowest BCUT2D eigenvalue weighted by Gasteiger charge is -2.71. The Balaban J connectivity index is 1.44. The second kappa shape index (κ2) is 8.63. The van der Waals surface area contributed by atoms with Crippen molar-refractivity contribution in [3.05, 3.63) is 47.8 Å². The second-order valence-electron chi connectivity index (χ2n) is 11.2. The number of nitrogens with zero attached hydrogens (tertiary/aromatic N) is 4. The third-order valence-electron chi connectivity index (χ3n) is 7.41. The fourth-order valence-corrected chi connectivity index (χ4v) is 5.79. The van der Waals surface area contributed by atoms with Gasteiger partial charge in [-0.25, -0.2) is 8.91 Å². The minimum Gasteiger partial charge on any atom is -0.387 e. The van der Waals surface area contributed by atoms with E-state index in [4.69, 9.17) is 5.26 Å². The Morgan fingerprint density at radius 3 is 2.65 bits per heavy atom. The Hall–Kier alpha value is -3.84. The summed E-state index contributed by atoms with van der Waals surface area (Å²) >= 11 is 0. The number of Topliss-reactive ketones (excluding diaryl/α,β-unsaturated/α-hetero) is 1. The number of hydrogen-bond donors (Lipinski definition) is 3. The summed E-state index contributed by atoms with van der Waals surface area (Å²) in [4.78, 5) is 29.2. The molecule has 2 bridgehead atoms. The van der Waals surface area contributed by atoms with Crippen molar-refractivity contribution in [3.63, 3.8) is 0 Å². The lowest BCUT2D eigenvalue weighted by atomic mass is 9.38. The highest BCUT2D eigenvalue weighted by molar-refractivity contribution is 6.00. The molecule has 37 heavy (non-hydrogen) atoms. The molecule has 192 valence electrons. The van der Waals surface area contributed by atoms with Crippen LogP contribution in [0.4, 0.5) is 10.1 Å². The standard InChI is InChI=1S/C27H29FN6O3/c1-16(35)8-26-13-27(14-26,15-26)33-20-7-21(22-5-4-18-6-17(9-29)10-32-34(18)22)30-11-19(20)24(36)31-12-23(28)25(2,3)37/h4-7,10-11,23,37H,8,12-15H2,1-3H3,(H,30,33)(H,31,36)/t23-,26?,27?/m1/s1. The molecule has 0 spiro atoms. The number of aliphatic hydroxyl groups is 1. The van der Waals surface area contributed by atoms with E-state index in [0.717, 1.165) is 24.8 Å². The first-order chi connectivity index (χ1) is 17.4. The Bertz CT molecular complexity index is 1430. The van der Waals surface area contributed by atoms with Gasteiger partial charge in [-0.3, -0.25) is 9.78 Å². The quantitative estimate of drug-likeness (QED) is 0.407. The van der Waals surface area contributed by atoms with Crippen LogP contribution in [-0.4, -0.2) is 55.3 Å². The normalized spacial score (nSPS) is 22.9. The number of pyridine rings is 1. The number of anilines is 1. The van der Waals surface area contributed by atoms with E-state index in [-0.39, 0.29) is 28.8 Å². The van der Waals surface area contributed by atoms with Gasteiger partial charge >= 0.3 is 0 Å². The number of alkyl halides is 1. The van der Waals surface area contributed by atoms with Crippen LogP contribution in [0.1, 0.15) is 62.4 Å². The Kier molecular flexibility index (Phi) is 5.79. The summed E-state index contributed by atoms with van der Waals surface area (Å²) in [5.74, 6) is -0.324. The first kappa shape index (κ1) is 24.8. The zero-order chi connectivity index (χ0) is 26.6. The van der Waals surface area contributed by atoms with Gasteiger partial charge in [-0.15, -0.1) is 0 Å². The van der Waals surface area contributed by atoms with Crippen LogP contribution in [0.3, 0.4) is 0 Å². The minimum atomic E-state index is -1.64. The van der Waals surface area contributed by atoms with Crippen LogP contribution in [0.15, 0.2) is 36.7 Å². The Morgan fingerprint density at radius 1 is 1.27 bits per heavy atom. The number of carbonyl (C=O) groups is 2. The number of fused-ring (bicyclic) bond motifs is 1. The molecule has 1 atom stereocenters. The number of halogens is 1. The fourth-order valence-electron chi connectivity index (χ4n) is 5.79. The molecule has 0 aromatic carbocycles. The second-order valence-corrected chi connectivity index (χ2v) is 11.2. The molecule has 3 fully saturated rings. The van der Waals surface area contributed by atoms with Crippen LogP contribution in [-0.2, 0) is 4.79 Å². The van der Waals surface area contributed by atoms with Crippen molar-refractivity contribution in [2.24, 2.45) is 5.41 Å². The molecule has 3 aromatic rings. The summed E-state index contributed by atoms with van der Waals surface area (Å²) in [6.07, 6.45) is 4.38. The first-order valence-corrected chi connectivity index (χ1v) is 12.2. The third kappa shape index (κ3) is 4.55. The van der Waals surface area contributed by atoms with Crippen molar-refractivity contribution >= 4 is 22.9 Å². The van der Waals surface area contributed by atoms with Crippen LogP contribution >= 0.6 is 0 Å². The van der Waals surface area contributed by atoms with E-state index >= 15 is 0 Å². The topological polar surface area (TPSA) is 132 Å². The molecule has 3 aliphatic carbocycles. The highest BCUT2D eigenvalue weighted by Crippen LogP contribution is 2.70. The Morgan fingerprint density at radius 2 is 2.00 bits per heavy atom. The molecule has 0 aliphatic heterocycles. The van der Waals surface area contributed by atoms with Crippen molar-refractivity contribution < 1.29 is 19.1 Å². The number of ketones is 1. The maximum absolute atomic E-state index is 14.3. The molecule has 3 heterocycles. The van der Waals surface area contributed by atoms with Crippen molar-refractivity contribution in [2.75, 3.05) is 11.9 Å². The molecule has 10 heteroatoms. The molecular formula is C27H29FN6O3. The zero-order valence-corrected chi connectivity index (χ0v) is 21.0. The number of amides is 1. The maximum Gasteiger partial charge on any atom is 0.255 e. The van der Waals surface area contributed by atoms with Gasteiger partial charge in [-0.2, -0.15) is 10.4 Å². The molecule has 1 amide bonds. The molecule has 0 radical (unpaired) electrons. The number of nitriles is 1. The predicted molar refractivity (Wildman–Crippen MR) is 135 cm³/mol. The van der Waals surface area contributed by atoms with Crippen LogP contribution in [0.2, 0.25) is 0 Å². The van der Waals surface area contributed by atoms with E-state index in [1.807, 2.05) is 12.1 Å². The van der Waals surface area contributed by atoms with E-state index in [0.29, 0.717) is 29.1 Å². The molecule has 3 aromatic heterocycles. The summed E-state index contributed by atoms with van der Waals surface area (Å²) < 4.78 is 15.9. The predicted octanol–water partition coefficient (Wildman–Crippen LogP) is 3.42. The largest absolute Gasteiger partial charge is 0.387 e. The lowest BCUT2D eigenvalue weighted by Crippen LogP contribution is -2.71. The van der Waals surface area contributed by atoms with E-state index < -0.39 is 17.7 Å². The molecule has 9 nitrogen and oxygen atoms in total. The lowest BCUT2D eigenvalue weighted by molar-refractivity contribution is -0.144. The minimum absolute atomic E-state index is 0.0470. The summed E-state index contributed by atoms with van der Waals surface area (Å²) in [6.45, 7) is 3.97. The summed E-state index contributed by atoms with van der Waals surface area (Å²) in [6, 6.07) is 9.26. The summed E-state index contributed by atoms with van der Waals surface area (Å²) in [7, 11) is 0. The number of rotatable bonds is 9. The van der Waals surface area contributed by atoms with Crippen LogP contribution in [0.5, 0.6) is 0 Å². The molecule has 3 aliphatic rings. The summed E-state index contributed by atoms with van der Waals surface area (Å²) in [5.41, 5.74) is 1.52. The van der Waals surface area contributed by atoms with Gasteiger partial charge in [-0.1, -0.05) is 0 Å². The van der Waals surface area contributed by atoms with Gasteiger partial charge in [-0.05, 0) is 69.7 Å². The average Bonchev–Trinajstić information content (AvgIpc) is 3.22. The van der Waals surface area contributed by atoms with Gasteiger partial charge in [0.2, 0.25) is 0 Å². The highest BCUT2D eigenvalue weighted by atomic mass is 19.1. The van der Waals surface area contributed by atoms with Crippen LogP contribution in [0.25, 0.3) is 16.9 Å². The molecular weight excluding hydrogens is 475 g/mol. The highest BCUT2D eigenvalue weighted by Gasteiger charge is 2.67. The van der Waals surface area contributed by atoms with Crippen molar-refractivity contribution in [2.45, 2.75) is 63.8 Å². The van der Waals surface area contributed by atoms with Crippen molar-refractivity contribution in [1.29, 1.82) is 5.26 Å². The SMILES string of the molecule is CC(=O)CC12CC(Nc3cc(-c4ccc5cc(C#N)cnn45)ncc3C(=O)NC[C@@H](F)C(C)(C)O)(C1)C2.